The average Bonchev–Trinajstić information content (AvgIpc) is 2.92. The maximum Gasteiger partial charge on any atom is 0.416 e. The van der Waals surface area contributed by atoms with Crippen LogP contribution in [-0.2, 0) is 34.1 Å². The Morgan fingerprint density at radius 1 is 0.868 bits per heavy atom. The number of alkyl halides is 3. The van der Waals surface area contributed by atoms with Crippen LogP contribution < -0.4 is 9.62 Å². The average molecular weight is 546 g/mol. The van der Waals surface area contributed by atoms with Crippen molar-refractivity contribution in [1.29, 1.82) is 0 Å². The van der Waals surface area contributed by atoms with Crippen LogP contribution >= 0.6 is 0 Å². The smallest absolute Gasteiger partial charge is 0.350 e. The Balaban J connectivity index is 1.47. The number of nitrogens with one attached hydrogen (secondary N) is 1. The van der Waals surface area contributed by atoms with Crippen LogP contribution in [0.3, 0.4) is 0 Å². The van der Waals surface area contributed by atoms with E-state index in [1.54, 1.807) is 6.07 Å². The van der Waals surface area contributed by atoms with Crippen LogP contribution in [0, 0.1) is 0 Å². The lowest BCUT2D eigenvalue weighted by molar-refractivity contribution is -0.137. The normalized spacial score (nSPS) is 14.7. The van der Waals surface area contributed by atoms with Crippen molar-refractivity contribution < 1.29 is 26.4 Å². The Hall–Kier alpha value is -3.37. The van der Waals surface area contributed by atoms with Gasteiger partial charge in [-0.1, -0.05) is 55.0 Å². The molecule has 3 aromatic rings. The molecule has 1 fully saturated rings. The van der Waals surface area contributed by atoms with E-state index in [0.29, 0.717) is 4.31 Å². The van der Waals surface area contributed by atoms with Crippen LogP contribution in [0.25, 0.3) is 0 Å². The number of likely N-dealkylation sites (tertiary alicyclic amines) is 1. The number of amides is 1. The molecule has 6 nitrogen and oxygen atoms in total. The summed E-state index contributed by atoms with van der Waals surface area (Å²) in [4.78, 5) is 15.1. The molecule has 3 aromatic carbocycles. The van der Waals surface area contributed by atoms with Crippen LogP contribution in [0.5, 0.6) is 0 Å². The Bertz CT molecular complexity index is 1320. The first-order valence-corrected chi connectivity index (χ1v) is 13.9. The minimum Gasteiger partial charge on any atom is -0.350 e. The van der Waals surface area contributed by atoms with E-state index < -0.39 is 34.2 Å². The minimum absolute atomic E-state index is 0.130. The van der Waals surface area contributed by atoms with Gasteiger partial charge in [0.15, 0.2) is 0 Å². The van der Waals surface area contributed by atoms with Crippen molar-refractivity contribution in [1.82, 2.24) is 10.2 Å². The lowest BCUT2D eigenvalue weighted by Gasteiger charge is -2.26. The number of rotatable bonds is 9. The number of carbonyl (C=O) groups is 1. The first kappa shape index (κ1) is 27.7. The Morgan fingerprint density at radius 2 is 1.53 bits per heavy atom. The summed E-state index contributed by atoms with van der Waals surface area (Å²) in [6.07, 6.45) is -0.975. The van der Waals surface area contributed by atoms with Crippen molar-refractivity contribution in [2.45, 2.75) is 43.4 Å². The molecule has 0 radical (unpaired) electrons. The van der Waals surface area contributed by atoms with Gasteiger partial charge in [0, 0.05) is 13.1 Å². The van der Waals surface area contributed by atoms with Gasteiger partial charge in [0.2, 0.25) is 5.91 Å². The summed E-state index contributed by atoms with van der Waals surface area (Å²) in [6, 6.07) is 19.1. The molecule has 4 rings (SSSR count). The monoisotopic (exact) mass is 545 g/mol. The number of hydrogen-bond acceptors (Lipinski definition) is 4. The topological polar surface area (TPSA) is 69.7 Å². The molecule has 1 amide bonds. The Kier molecular flexibility index (Phi) is 8.73. The summed E-state index contributed by atoms with van der Waals surface area (Å²) in [5.74, 6) is -0.640. The minimum atomic E-state index is -4.67. The third-order valence-electron chi connectivity index (χ3n) is 6.45. The summed E-state index contributed by atoms with van der Waals surface area (Å²) >= 11 is 0. The quantitative estimate of drug-likeness (QED) is 0.401. The van der Waals surface area contributed by atoms with Crippen molar-refractivity contribution >= 4 is 21.6 Å². The van der Waals surface area contributed by atoms with Crippen molar-refractivity contribution in [3.05, 3.63) is 95.6 Å². The lowest BCUT2D eigenvalue weighted by atomic mass is 10.1. The molecule has 0 aromatic heterocycles. The van der Waals surface area contributed by atoms with E-state index in [9.17, 15) is 26.4 Å². The van der Waals surface area contributed by atoms with Gasteiger partial charge in [0.25, 0.3) is 10.0 Å². The van der Waals surface area contributed by atoms with Gasteiger partial charge in [-0.3, -0.25) is 14.0 Å². The highest BCUT2D eigenvalue weighted by atomic mass is 32.2. The third kappa shape index (κ3) is 7.14. The zero-order valence-corrected chi connectivity index (χ0v) is 21.6. The van der Waals surface area contributed by atoms with E-state index in [1.165, 1.54) is 55.2 Å². The second kappa shape index (κ2) is 12.0. The van der Waals surface area contributed by atoms with Crippen LogP contribution in [-0.4, -0.2) is 38.9 Å². The Morgan fingerprint density at radius 3 is 2.18 bits per heavy atom. The fourth-order valence-corrected chi connectivity index (χ4v) is 5.83. The maximum absolute atomic E-state index is 13.4. The summed E-state index contributed by atoms with van der Waals surface area (Å²) < 4.78 is 67.4. The van der Waals surface area contributed by atoms with Gasteiger partial charge in [-0.15, -0.1) is 0 Å². The second-order valence-electron chi connectivity index (χ2n) is 9.30. The fraction of sp³-hybridized carbons (Fsp3) is 0.321. The van der Waals surface area contributed by atoms with E-state index in [-0.39, 0.29) is 17.1 Å². The van der Waals surface area contributed by atoms with Gasteiger partial charge in [-0.05, 0) is 67.4 Å². The predicted molar refractivity (Wildman–Crippen MR) is 140 cm³/mol. The van der Waals surface area contributed by atoms with Gasteiger partial charge in [-0.2, -0.15) is 13.2 Å². The van der Waals surface area contributed by atoms with Gasteiger partial charge >= 0.3 is 6.18 Å². The fourth-order valence-electron chi connectivity index (χ4n) is 4.40. The van der Waals surface area contributed by atoms with E-state index in [1.807, 2.05) is 24.3 Å². The highest BCUT2D eigenvalue weighted by Crippen LogP contribution is 2.33. The largest absolute Gasteiger partial charge is 0.416 e. The standard InChI is InChI=1S/C28H30F3N3O3S/c29-28(30,31)24-8-7-9-25(18-24)34(38(36,37)26-10-3-1-4-11-26)21-27(35)32-19-22-12-14-23(15-13-22)20-33-16-5-2-6-17-33/h1,3-4,7-15,18H,2,5-6,16-17,19-21H2,(H,32,35). The molecule has 0 unspecified atom stereocenters. The molecule has 0 atom stereocenters. The number of nitrogens with zero attached hydrogens (tertiary/aromatic N) is 2. The van der Waals surface area contributed by atoms with Gasteiger partial charge in [0.05, 0.1) is 16.1 Å². The zero-order valence-electron chi connectivity index (χ0n) is 20.8. The molecule has 0 aliphatic carbocycles. The highest BCUT2D eigenvalue weighted by molar-refractivity contribution is 7.92. The number of benzene rings is 3. The van der Waals surface area contributed by atoms with Crippen LogP contribution in [0.4, 0.5) is 18.9 Å². The van der Waals surface area contributed by atoms with E-state index in [0.717, 1.165) is 43.4 Å². The predicted octanol–water partition coefficient (Wildman–Crippen LogP) is 5.20. The number of sulfonamides is 1. The van der Waals surface area contributed by atoms with Crippen LogP contribution in [0.15, 0.2) is 83.8 Å². The molecule has 38 heavy (non-hydrogen) atoms. The molecule has 1 saturated heterocycles. The number of anilines is 1. The van der Waals surface area contributed by atoms with Crippen molar-refractivity contribution in [3.63, 3.8) is 0 Å². The van der Waals surface area contributed by atoms with Crippen molar-refractivity contribution in [2.24, 2.45) is 0 Å². The van der Waals surface area contributed by atoms with Gasteiger partial charge in [0.1, 0.15) is 6.54 Å². The molecular weight excluding hydrogens is 515 g/mol. The molecule has 0 bridgehead atoms. The lowest BCUT2D eigenvalue weighted by Crippen LogP contribution is -2.40. The molecular formula is C28H30F3N3O3S. The van der Waals surface area contributed by atoms with Crippen molar-refractivity contribution in [2.75, 3.05) is 23.9 Å². The number of carbonyl (C=O) groups excluding carboxylic acids is 1. The molecule has 0 saturated carbocycles. The molecule has 0 spiro atoms. The molecule has 1 aliphatic rings. The zero-order chi connectivity index (χ0) is 27.2. The highest BCUT2D eigenvalue weighted by Gasteiger charge is 2.33. The van der Waals surface area contributed by atoms with Gasteiger partial charge < -0.3 is 5.32 Å². The second-order valence-corrected chi connectivity index (χ2v) is 11.2. The first-order valence-electron chi connectivity index (χ1n) is 12.4. The van der Waals surface area contributed by atoms with Gasteiger partial charge in [-0.25, -0.2) is 8.42 Å². The summed E-state index contributed by atoms with van der Waals surface area (Å²) in [5, 5.41) is 2.69. The maximum atomic E-state index is 13.4. The van der Waals surface area contributed by atoms with E-state index in [2.05, 4.69) is 10.2 Å². The third-order valence-corrected chi connectivity index (χ3v) is 8.24. The first-order chi connectivity index (χ1) is 18.1. The number of halogens is 3. The molecule has 1 N–H and O–H groups in total. The summed E-state index contributed by atoms with van der Waals surface area (Å²) in [6.45, 7) is 2.53. The SMILES string of the molecule is O=C(CN(c1cccc(C(F)(F)F)c1)S(=O)(=O)c1ccccc1)NCc1ccc(CN2CCCCC2)cc1. The molecule has 1 heterocycles. The molecule has 1 aliphatic heterocycles. The molecule has 202 valence electrons. The van der Waals surface area contributed by atoms with E-state index in [4.69, 9.17) is 0 Å². The number of piperidine rings is 1. The molecule has 10 heteroatoms. The Labute approximate surface area is 221 Å². The van der Waals surface area contributed by atoms with Crippen molar-refractivity contribution in [3.8, 4) is 0 Å². The summed E-state index contributed by atoms with van der Waals surface area (Å²) in [7, 11) is -4.31. The van der Waals surface area contributed by atoms with E-state index >= 15 is 0 Å². The van der Waals surface area contributed by atoms with Crippen LogP contribution in [0.2, 0.25) is 0 Å². The summed E-state index contributed by atoms with van der Waals surface area (Å²) in [5.41, 5.74) is 0.748. The number of hydrogen-bond donors (Lipinski definition) is 1. The van der Waals surface area contributed by atoms with Crippen LogP contribution in [0.1, 0.15) is 36.0 Å².